The molecule has 0 aliphatic heterocycles. The van der Waals surface area contributed by atoms with E-state index >= 15 is 0 Å². The van der Waals surface area contributed by atoms with Gasteiger partial charge in [-0.2, -0.15) is 0 Å². The summed E-state index contributed by atoms with van der Waals surface area (Å²) in [6, 6.07) is 17.6. The van der Waals surface area contributed by atoms with Crippen LogP contribution in [0.4, 0.5) is 0 Å². The van der Waals surface area contributed by atoms with Crippen LogP contribution < -0.4 is 5.56 Å². The summed E-state index contributed by atoms with van der Waals surface area (Å²) in [4.78, 5) is 18.7. The fraction of sp³-hybridized carbons (Fsp3) is 0.200. The second-order valence-corrected chi connectivity index (χ2v) is 6.16. The van der Waals surface area contributed by atoms with Crippen molar-refractivity contribution >= 4 is 0 Å². The van der Waals surface area contributed by atoms with Crippen molar-refractivity contribution in [2.24, 2.45) is 0 Å². The number of nitrogens with zero attached hydrogens (tertiary/aromatic N) is 3. The molecule has 0 fully saturated rings. The summed E-state index contributed by atoms with van der Waals surface area (Å²) in [5.41, 5.74) is 4.17. The van der Waals surface area contributed by atoms with Crippen molar-refractivity contribution in [3.63, 3.8) is 0 Å². The second-order valence-electron chi connectivity index (χ2n) is 6.16. The molecule has 3 rings (SSSR count). The van der Waals surface area contributed by atoms with Crippen LogP contribution in [0, 0.1) is 0 Å². The first-order valence-electron chi connectivity index (χ1n) is 7.96. The van der Waals surface area contributed by atoms with Crippen LogP contribution in [-0.4, -0.2) is 28.5 Å². The van der Waals surface area contributed by atoms with Gasteiger partial charge in [0.05, 0.1) is 12.2 Å². The summed E-state index contributed by atoms with van der Waals surface area (Å²) in [6.45, 7) is 1.44. The van der Waals surface area contributed by atoms with E-state index in [1.807, 2.05) is 50.6 Å². The van der Waals surface area contributed by atoms with Crippen LogP contribution in [0.1, 0.15) is 11.1 Å². The van der Waals surface area contributed by atoms with Crippen LogP contribution in [0.25, 0.3) is 11.3 Å². The molecule has 24 heavy (non-hydrogen) atoms. The molecule has 0 unspecified atom stereocenters. The fourth-order valence-corrected chi connectivity index (χ4v) is 2.73. The molecule has 0 radical (unpaired) electrons. The van der Waals surface area contributed by atoms with Crippen LogP contribution in [0.3, 0.4) is 0 Å². The van der Waals surface area contributed by atoms with E-state index in [0.29, 0.717) is 6.54 Å². The topological polar surface area (TPSA) is 38.1 Å². The Kier molecular flexibility index (Phi) is 4.87. The van der Waals surface area contributed by atoms with Crippen molar-refractivity contribution in [3.8, 4) is 11.3 Å². The molecule has 0 atom stereocenters. The van der Waals surface area contributed by atoms with E-state index in [2.05, 4.69) is 28.1 Å². The zero-order chi connectivity index (χ0) is 16.9. The molecule has 0 amide bonds. The van der Waals surface area contributed by atoms with Crippen LogP contribution in [-0.2, 0) is 13.1 Å². The molecule has 0 aliphatic carbocycles. The average molecular weight is 319 g/mol. The highest BCUT2D eigenvalue weighted by Gasteiger charge is 2.04. The molecule has 3 aromatic rings. The molecular weight excluding hydrogens is 298 g/mol. The summed E-state index contributed by atoms with van der Waals surface area (Å²) in [5.74, 6) is 0. The minimum absolute atomic E-state index is 0.00677. The molecule has 1 aromatic carbocycles. The third-order valence-corrected chi connectivity index (χ3v) is 3.79. The van der Waals surface area contributed by atoms with Crippen LogP contribution in [0.15, 0.2) is 71.8 Å². The molecule has 0 aliphatic rings. The molecule has 0 bridgehead atoms. The van der Waals surface area contributed by atoms with Gasteiger partial charge in [0, 0.05) is 30.6 Å². The Morgan fingerprint density at radius 3 is 2.58 bits per heavy atom. The number of aromatic nitrogens is 2. The maximum Gasteiger partial charge on any atom is 0.250 e. The van der Waals surface area contributed by atoms with E-state index in [4.69, 9.17) is 0 Å². The Balaban J connectivity index is 1.89. The number of hydrogen-bond acceptors (Lipinski definition) is 3. The first kappa shape index (κ1) is 16.1. The van der Waals surface area contributed by atoms with Gasteiger partial charge in [-0.3, -0.25) is 9.78 Å². The molecule has 2 heterocycles. The number of hydrogen-bond donors (Lipinski definition) is 0. The van der Waals surface area contributed by atoms with Crippen LogP contribution >= 0.6 is 0 Å². The number of benzene rings is 1. The summed E-state index contributed by atoms with van der Waals surface area (Å²) in [7, 11) is 4.10. The van der Waals surface area contributed by atoms with Gasteiger partial charge >= 0.3 is 0 Å². The van der Waals surface area contributed by atoms with E-state index < -0.39 is 0 Å². The monoisotopic (exact) mass is 319 g/mol. The standard InChI is InChI=1S/C20H21N3O/c1-22(2)13-16-6-5-7-17(12-16)14-23-15-18(9-10-20(23)24)19-8-3-4-11-21-19/h3-12,15H,13-14H2,1-2H3. The lowest BCUT2D eigenvalue weighted by molar-refractivity contribution is 0.402. The number of rotatable bonds is 5. The summed E-state index contributed by atoms with van der Waals surface area (Å²) in [5, 5.41) is 0. The molecule has 0 saturated heterocycles. The molecule has 0 saturated carbocycles. The van der Waals surface area contributed by atoms with Crippen molar-refractivity contribution in [2.45, 2.75) is 13.1 Å². The van der Waals surface area contributed by atoms with Crippen LogP contribution in [0.2, 0.25) is 0 Å². The summed E-state index contributed by atoms with van der Waals surface area (Å²) >= 11 is 0. The van der Waals surface area contributed by atoms with E-state index in [-0.39, 0.29) is 5.56 Å². The van der Waals surface area contributed by atoms with Gasteiger partial charge in [-0.15, -0.1) is 0 Å². The van der Waals surface area contributed by atoms with E-state index in [1.165, 1.54) is 5.56 Å². The molecule has 122 valence electrons. The second kappa shape index (κ2) is 7.23. The van der Waals surface area contributed by atoms with Gasteiger partial charge in [0.25, 0.3) is 5.56 Å². The largest absolute Gasteiger partial charge is 0.310 e. The van der Waals surface area contributed by atoms with Gasteiger partial charge in [0.1, 0.15) is 0 Å². The van der Waals surface area contributed by atoms with Crippen LogP contribution in [0.5, 0.6) is 0 Å². The maximum absolute atomic E-state index is 12.2. The van der Waals surface area contributed by atoms with E-state index in [1.54, 1.807) is 16.8 Å². The van der Waals surface area contributed by atoms with Gasteiger partial charge < -0.3 is 9.47 Å². The summed E-state index contributed by atoms with van der Waals surface area (Å²) < 4.78 is 1.73. The van der Waals surface area contributed by atoms with Crippen molar-refractivity contribution in [3.05, 3.63) is 88.5 Å². The Hall–Kier alpha value is -2.72. The average Bonchev–Trinajstić information content (AvgIpc) is 2.57. The zero-order valence-corrected chi connectivity index (χ0v) is 14.0. The predicted molar refractivity (Wildman–Crippen MR) is 96.9 cm³/mol. The molecule has 4 heteroatoms. The lowest BCUT2D eigenvalue weighted by Gasteiger charge is -2.12. The molecule has 2 aromatic heterocycles. The van der Waals surface area contributed by atoms with Crippen molar-refractivity contribution < 1.29 is 0 Å². The van der Waals surface area contributed by atoms with Crippen molar-refractivity contribution in [1.82, 2.24) is 14.5 Å². The van der Waals surface area contributed by atoms with Crippen molar-refractivity contribution in [2.75, 3.05) is 14.1 Å². The van der Waals surface area contributed by atoms with Gasteiger partial charge in [0.15, 0.2) is 0 Å². The van der Waals surface area contributed by atoms with Gasteiger partial charge in [-0.05, 0) is 43.4 Å². The third kappa shape index (κ3) is 3.97. The molecule has 0 spiro atoms. The highest BCUT2D eigenvalue weighted by Crippen LogP contribution is 2.15. The minimum Gasteiger partial charge on any atom is -0.310 e. The van der Waals surface area contributed by atoms with E-state index in [0.717, 1.165) is 23.4 Å². The maximum atomic E-state index is 12.2. The van der Waals surface area contributed by atoms with Gasteiger partial charge in [-0.25, -0.2) is 0 Å². The fourth-order valence-electron chi connectivity index (χ4n) is 2.73. The van der Waals surface area contributed by atoms with Crippen molar-refractivity contribution in [1.29, 1.82) is 0 Å². The van der Waals surface area contributed by atoms with E-state index in [9.17, 15) is 4.79 Å². The highest BCUT2D eigenvalue weighted by molar-refractivity contribution is 5.57. The lowest BCUT2D eigenvalue weighted by atomic mass is 10.1. The molecule has 0 N–H and O–H groups in total. The molecular formula is C20H21N3O. The zero-order valence-electron chi connectivity index (χ0n) is 14.0. The minimum atomic E-state index is -0.00677. The summed E-state index contributed by atoms with van der Waals surface area (Å²) in [6.07, 6.45) is 3.64. The Morgan fingerprint density at radius 2 is 1.83 bits per heavy atom. The molecule has 4 nitrogen and oxygen atoms in total. The third-order valence-electron chi connectivity index (χ3n) is 3.79. The van der Waals surface area contributed by atoms with Gasteiger partial charge in [-0.1, -0.05) is 30.3 Å². The Labute approximate surface area is 142 Å². The lowest BCUT2D eigenvalue weighted by Crippen LogP contribution is -2.19. The smallest absolute Gasteiger partial charge is 0.250 e. The first-order valence-corrected chi connectivity index (χ1v) is 7.96. The Bertz CT molecular complexity index is 869. The number of pyridine rings is 2. The van der Waals surface area contributed by atoms with Gasteiger partial charge in [0.2, 0.25) is 0 Å². The normalized spacial score (nSPS) is 11.0. The highest BCUT2D eigenvalue weighted by atomic mass is 16.1. The Morgan fingerprint density at radius 1 is 1.00 bits per heavy atom. The SMILES string of the molecule is CN(C)Cc1cccc(Cn2cc(-c3ccccn3)ccc2=O)c1. The predicted octanol–water partition coefficient (Wildman–Crippen LogP) is 3.02. The first-order chi connectivity index (χ1) is 11.6. The quantitative estimate of drug-likeness (QED) is 0.725.